The van der Waals surface area contributed by atoms with Crippen LogP contribution in [-0.2, 0) is 29.0 Å². The Bertz CT molecular complexity index is 372. The minimum absolute atomic E-state index is 0.0955. The molecule has 3 nitrogen and oxygen atoms in total. The highest BCUT2D eigenvalue weighted by molar-refractivity contribution is 9.10. The van der Waals surface area contributed by atoms with E-state index < -0.39 is 5.97 Å². The lowest BCUT2D eigenvalue weighted by molar-refractivity contribution is -0.136. The first-order valence-corrected chi connectivity index (χ1v) is 5.88. The van der Waals surface area contributed by atoms with Crippen LogP contribution in [0.2, 0.25) is 0 Å². The Balaban J connectivity index is 2.33. The van der Waals surface area contributed by atoms with Crippen LogP contribution in [0.25, 0.3) is 0 Å². The zero-order valence-corrected chi connectivity index (χ0v) is 9.78. The van der Waals surface area contributed by atoms with Crippen LogP contribution in [0.5, 0.6) is 0 Å². The number of thiophene rings is 1. The van der Waals surface area contributed by atoms with Crippen molar-refractivity contribution in [3.8, 4) is 0 Å². The third-order valence-corrected chi connectivity index (χ3v) is 4.64. The molecule has 2 heterocycles. The fourth-order valence-corrected chi connectivity index (χ4v) is 3.53. The molecule has 0 amide bonds. The Morgan fingerprint density at radius 3 is 3.07 bits per heavy atom. The van der Waals surface area contributed by atoms with Crippen molar-refractivity contribution in [2.45, 2.75) is 19.4 Å². The number of carboxylic acids is 1. The molecule has 0 saturated heterocycles. The zero-order valence-electron chi connectivity index (χ0n) is 7.38. The smallest absolute Gasteiger partial charge is 0.308 e. The molecule has 0 aromatic carbocycles. The molecule has 0 bridgehead atoms. The summed E-state index contributed by atoms with van der Waals surface area (Å²) >= 11 is 5.02. The predicted octanol–water partition coefficient (Wildman–Crippen LogP) is 2.21. The van der Waals surface area contributed by atoms with E-state index in [9.17, 15) is 4.79 Å². The highest BCUT2D eigenvalue weighted by Crippen LogP contribution is 2.36. The molecule has 1 aromatic rings. The van der Waals surface area contributed by atoms with Crippen molar-refractivity contribution < 1.29 is 14.6 Å². The van der Waals surface area contributed by atoms with Crippen LogP contribution < -0.4 is 0 Å². The SMILES string of the molecule is O=C(O)Cc1sc2c(c1Br)COCC2. The number of ether oxygens (including phenoxy) is 1. The van der Waals surface area contributed by atoms with Crippen molar-refractivity contribution in [2.24, 2.45) is 0 Å². The number of fused-ring (bicyclic) bond motifs is 1. The third kappa shape index (κ3) is 1.85. The molecule has 0 aliphatic carbocycles. The fraction of sp³-hybridized carbons (Fsp3) is 0.444. The Labute approximate surface area is 93.8 Å². The van der Waals surface area contributed by atoms with Crippen LogP contribution in [0.1, 0.15) is 15.3 Å². The maximum atomic E-state index is 10.6. The van der Waals surface area contributed by atoms with Crippen molar-refractivity contribution in [1.82, 2.24) is 0 Å². The Morgan fingerprint density at radius 1 is 1.64 bits per heavy atom. The van der Waals surface area contributed by atoms with Gasteiger partial charge < -0.3 is 9.84 Å². The third-order valence-electron chi connectivity index (χ3n) is 2.12. The molecule has 1 N–H and O–H groups in total. The van der Waals surface area contributed by atoms with E-state index in [1.165, 1.54) is 4.88 Å². The van der Waals surface area contributed by atoms with Crippen LogP contribution in [0.3, 0.4) is 0 Å². The van der Waals surface area contributed by atoms with Crippen molar-refractivity contribution in [2.75, 3.05) is 6.61 Å². The fourth-order valence-electron chi connectivity index (χ4n) is 1.48. The maximum Gasteiger partial charge on any atom is 0.308 e. The molecule has 14 heavy (non-hydrogen) atoms. The first-order valence-electron chi connectivity index (χ1n) is 4.27. The summed E-state index contributed by atoms with van der Waals surface area (Å²) in [6.07, 6.45) is 0.996. The molecule has 2 rings (SSSR count). The Hall–Kier alpha value is -0.390. The average molecular weight is 277 g/mol. The molecule has 1 aliphatic heterocycles. The Kier molecular flexibility index (Phi) is 2.90. The molecule has 0 fully saturated rings. The van der Waals surface area contributed by atoms with Gasteiger partial charge in [0.1, 0.15) is 0 Å². The molecular formula is C9H9BrO3S. The number of aliphatic carboxylic acids is 1. The first kappa shape index (κ1) is 10.1. The summed E-state index contributed by atoms with van der Waals surface area (Å²) in [5.74, 6) is -0.787. The molecule has 0 unspecified atom stereocenters. The van der Waals surface area contributed by atoms with Crippen molar-refractivity contribution >= 4 is 33.2 Å². The van der Waals surface area contributed by atoms with Gasteiger partial charge in [-0.3, -0.25) is 4.79 Å². The quantitative estimate of drug-likeness (QED) is 0.901. The minimum atomic E-state index is -0.787. The van der Waals surface area contributed by atoms with E-state index >= 15 is 0 Å². The van der Waals surface area contributed by atoms with E-state index in [0.717, 1.165) is 27.9 Å². The summed E-state index contributed by atoms with van der Waals surface area (Å²) in [5, 5.41) is 8.71. The van der Waals surface area contributed by atoms with Crippen LogP contribution in [0, 0.1) is 0 Å². The highest BCUT2D eigenvalue weighted by Gasteiger charge is 2.20. The second-order valence-corrected chi connectivity index (χ2v) is 5.10. The van der Waals surface area contributed by atoms with E-state index in [-0.39, 0.29) is 6.42 Å². The van der Waals surface area contributed by atoms with Gasteiger partial charge in [-0.1, -0.05) is 0 Å². The number of carboxylic acid groups (broad SMARTS) is 1. The molecule has 0 radical (unpaired) electrons. The number of halogens is 1. The van der Waals surface area contributed by atoms with Gasteiger partial charge in [0, 0.05) is 26.2 Å². The number of rotatable bonds is 2. The number of carbonyl (C=O) groups is 1. The van der Waals surface area contributed by atoms with E-state index in [1.54, 1.807) is 11.3 Å². The van der Waals surface area contributed by atoms with E-state index in [4.69, 9.17) is 9.84 Å². The van der Waals surface area contributed by atoms with Gasteiger partial charge in [0.2, 0.25) is 0 Å². The zero-order chi connectivity index (χ0) is 10.1. The molecular weight excluding hydrogens is 268 g/mol. The standard InChI is InChI=1S/C9H9BrO3S/c10-9-5-4-13-2-1-6(5)14-7(9)3-8(11)12/h1-4H2,(H,11,12). The lowest BCUT2D eigenvalue weighted by atomic mass is 10.2. The molecule has 0 atom stereocenters. The summed E-state index contributed by atoms with van der Waals surface area (Å²) in [6, 6.07) is 0. The van der Waals surface area contributed by atoms with E-state index in [1.807, 2.05) is 0 Å². The first-order chi connectivity index (χ1) is 6.68. The summed E-state index contributed by atoms with van der Waals surface area (Å²) in [4.78, 5) is 12.7. The summed E-state index contributed by atoms with van der Waals surface area (Å²) in [6.45, 7) is 1.35. The lowest BCUT2D eigenvalue weighted by Gasteiger charge is -2.11. The summed E-state index contributed by atoms with van der Waals surface area (Å²) in [5.41, 5.74) is 1.14. The van der Waals surface area contributed by atoms with Crippen LogP contribution >= 0.6 is 27.3 Å². The van der Waals surface area contributed by atoms with Crippen LogP contribution in [0.15, 0.2) is 4.47 Å². The van der Waals surface area contributed by atoms with Crippen LogP contribution in [-0.4, -0.2) is 17.7 Å². The van der Waals surface area contributed by atoms with Gasteiger partial charge in [0.15, 0.2) is 0 Å². The lowest BCUT2D eigenvalue weighted by Crippen LogP contribution is -2.06. The van der Waals surface area contributed by atoms with Gasteiger partial charge in [0.25, 0.3) is 0 Å². The van der Waals surface area contributed by atoms with E-state index in [0.29, 0.717) is 6.61 Å². The molecule has 0 saturated carbocycles. The maximum absolute atomic E-state index is 10.6. The monoisotopic (exact) mass is 276 g/mol. The topological polar surface area (TPSA) is 46.5 Å². The normalized spacial score (nSPS) is 15.2. The van der Waals surface area contributed by atoms with Crippen molar-refractivity contribution in [1.29, 1.82) is 0 Å². The number of hydrogen-bond donors (Lipinski definition) is 1. The highest BCUT2D eigenvalue weighted by atomic mass is 79.9. The molecule has 0 spiro atoms. The second-order valence-electron chi connectivity index (χ2n) is 3.11. The van der Waals surface area contributed by atoms with Gasteiger partial charge in [-0.15, -0.1) is 11.3 Å². The van der Waals surface area contributed by atoms with Crippen molar-refractivity contribution in [3.05, 3.63) is 19.8 Å². The van der Waals surface area contributed by atoms with Crippen LogP contribution in [0.4, 0.5) is 0 Å². The van der Waals surface area contributed by atoms with Crippen molar-refractivity contribution in [3.63, 3.8) is 0 Å². The summed E-state index contributed by atoms with van der Waals surface area (Å²) in [7, 11) is 0. The molecule has 5 heteroatoms. The van der Waals surface area contributed by atoms with Gasteiger partial charge in [-0.25, -0.2) is 0 Å². The van der Waals surface area contributed by atoms with Gasteiger partial charge in [0.05, 0.1) is 19.6 Å². The predicted molar refractivity (Wildman–Crippen MR) is 56.7 cm³/mol. The Morgan fingerprint density at radius 2 is 2.43 bits per heavy atom. The van der Waals surface area contributed by atoms with Gasteiger partial charge >= 0.3 is 5.97 Å². The van der Waals surface area contributed by atoms with Gasteiger partial charge in [-0.2, -0.15) is 0 Å². The summed E-state index contributed by atoms with van der Waals surface area (Å²) < 4.78 is 6.25. The molecule has 1 aromatic heterocycles. The average Bonchev–Trinajstić information content (AvgIpc) is 2.44. The van der Waals surface area contributed by atoms with E-state index in [2.05, 4.69) is 15.9 Å². The van der Waals surface area contributed by atoms with Gasteiger partial charge in [-0.05, 0) is 15.9 Å². The minimum Gasteiger partial charge on any atom is -0.481 e. The number of hydrogen-bond acceptors (Lipinski definition) is 3. The largest absolute Gasteiger partial charge is 0.481 e. The second kappa shape index (κ2) is 4.00. The molecule has 76 valence electrons. The molecule has 1 aliphatic rings.